The standard InChI is InChI=1S/C14H19N3O/c18-14(17-11-7-8-11)15-9-12-6-5-10-3-1-2-4-13(10)16-12/h1-4,11-12,16H,5-9H2,(H2,15,17,18). The zero-order chi connectivity index (χ0) is 12.4. The molecule has 3 N–H and O–H groups in total. The van der Waals surface area contributed by atoms with Crippen molar-refractivity contribution >= 4 is 11.7 Å². The molecule has 1 fully saturated rings. The van der Waals surface area contributed by atoms with Gasteiger partial charge in [0, 0.05) is 24.3 Å². The first-order valence-electron chi connectivity index (χ1n) is 6.70. The molecule has 4 heteroatoms. The molecule has 1 aliphatic carbocycles. The Kier molecular flexibility index (Phi) is 3.09. The molecule has 3 rings (SSSR count). The van der Waals surface area contributed by atoms with Crippen LogP contribution in [0.4, 0.5) is 10.5 Å². The van der Waals surface area contributed by atoms with Crippen molar-refractivity contribution in [2.45, 2.75) is 37.8 Å². The van der Waals surface area contributed by atoms with Crippen LogP contribution in [-0.4, -0.2) is 24.7 Å². The van der Waals surface area contributed by atoms with Crippen LogP contribution in [0.15, 0.2) is 24.3 Å². The van der Waals surface area contributed by atoms with Gasteiger partial charge in [0.1, 0.15) is 0 Å². The summed E-state index contributed by atoms with van der Waals surface area (Å²) in [6, 6.07) is 9.11. The highest BCUT2D eigenvalue weighted by Gasteiger charge is 2.23. The van der Waals surface area contributed by atoms with E-state index in [-0.39, 0.29) is 6.03 Å². The summed E-state index contributed by atoms with van der Waals surface area (Å²) in [6.45, 7) is 0.687. The minimum atomic E-state index is -0.0295. The van der Waals surface area contributed by atoms with E-state index in [1.54, 1.807) is 0 Å². The SMILES string of the molecule is O=C(NCC1CCc2ccccc2N1)NC1CC1. The van der Waals surface area contributed by atoms with Crippen molar-refractivity contribution in [3.05, 3.63) is 29.8 Å². The van der Waals surface area contributed by atoms with Gasteiger partial charge in [0.2, 0.25) is 0 Å². The van der Waals surface area contributed by atoms with E-state index in [0.29, 0.717) is 18.6 Å². The fourth-order valence-electron chi connectivity index (χ4n) is 2.33. The first-order valence-corrected chi connectivity index (χ1v) is 6.70. The predicted octanol–water partition coefficient (Wildman–Crippen LogP) is 1.87. The van der Waals surface area contributed by atoms with Gasteiger partial charge in [-0.3, -0.25) is 0 Å². The first kappa shape index (κ1) is 11.4. The highest BCUT2D eigenvalue weighted by atomic mass is 16.2. The number of anilines is 1. The normalized spacial score (nSPS) is 21.7. The maximum atomic E-state index is 11.5. The van der Waals surface area contributed by atoms with Crippen molar-refractivity contribution in [2.24, 2.45) is 0 Å². The highest BCUT2D eigenvalue weighted by Crippen LogP contribution is 2.23. The van der Waals surface area contributed by atoms with E-state index >= 15 is 0 Å². The van der Waals surface area contributed by atoms with Crippen molar-refractivity contribution in [1.82, 2.24) is 10.6 Å². The second kappa shape index (κ2) is 4.88. The van der Waals surface area contributed by atoms with E-state index in [1.807, 2.05) is 6.07 Å². The molecule has 1 heterocycles. The molecule has 1 aliphatic heterocycles. The molecule has 1 unspecified atom stereocenters. The van der Waals surface area contributed by atoms with Crippen LogP contribution in [0, 0.1) is 0 Å². The summed E-state index contributed by atoms with van der Waals surface area (Å²) in [5.41, 5.74) is 2.58. The van der Waals surface area contributed by atoms with E-state index in [2.05, 4.69) is 34.1 Å². The largest absolute Gasteiger partial charge is 0.380 e. The number of carbonyl (C=O) groups excluding carboxylic acids is 1. The van der Waals surface area contributed by atoms with E-state index < -0.39 is 0 Å². The summed E-state index contributed by atoms with van der Waals surface area (Å²) in [4.78, 5) is 11.5. The van der Waals surface area contributed by atoms with Crippen LogP contribution in [0.5, 0.6) is 0 Å². The Labute approximate surface area is 107 Å². The molecular formula is C14H19N3O. The van der Waals surface area contributed by atoms with Gasteiger partial charge >= 0.3 is 6.03 Å². The van der Waals surface area contributed by atoms with Gasteiger partial charge < -0.3 is 16.0 Å². The number of carbonyl (C=O) groups is 1. The van der Waals surface area contributed by atoms with E-state index in [4.69, 9.17) is 0 Å². The smallest absolute Gasteiger partial charge is 0.315 e. The third-order valence-corrected chi connectivity index (χ3v) is 3.56. The van der Waals surface area contributed by atoms with Gasteiger partial charge in [-0.05, 0) is 37.3 Å². The Bertz CT molecular complexity index is 442. The van der Waals surface area contributed by atoms with Crippen molar-refractivity contribution < 1.29 is 4.79 Å². The topological polar surface area (TPSA) is 53.2 Å². The number of nitrogens with one attached hydrogen (secondary N) is 3. The highest BCUT2D eigenvalue weighted by molar-refractivity contribution is 5.74. The van der Waals surface area contributed by atoms with Gasteiger partial charge in [-0.2, -0.15) is 0 Å². The molecule has 2 aliphatic rings. The average molecular weight is 245 g/mol. The average Bonchev–Trinajstić information content (AvgIpc) is 3.20. The van der Waals surface area contributed by atoms with Crippen LogP contribution >= 0.6 is 0 Å². The Hall–Kier alpha value is -1.71. The number of aryl methyl sites for hydroxylation is 1. The van der Waals surface area contributed by atoms with Crippen LogP contribution in [0.1, 0.15) is 24.8 Å². The lowest BCUT2D eigenvalue weighted by Crippen LogP contribution is -2.43. The molecule has 0 radical (unpaired) electrons. The monoisotopic (exact) mass is 245 g/mol. The Balaban J connectivity index is 1.48. The molecular weight excluding hydrogens is 226 g/mol. The molecule has 1 saturated carbocycles. The van der Waals surface area contributed by atoms with Crippen molar-refractivity contribution in [1.29, 1.82) is 0 Å². The summed E-state index contributed by atoms with van der Waals surface area (Å²) in [7, 11) is 0. The third kappa shape index (κ3) is 2.75. The molecule has 4 nitrogen and oxygen atoms in total. The molecule has 0 saturated heterocycles. The van der Waals surface area contributed by atoms with Gasteiger partial charge in [-0.15, -0.1) is 0 Å². The van der Waals surface area contributed by atoms with Gasteiger partial charge in [-0.25, -0.2) is 4.79 Å². The third-order valence-electron chi connectivity index (χ3n) is 3.56. The number of para-hydroxylation sites is 1. The molecule has 96 valence electrons. The van der Waals surface area contributed by atoms with Crippen LogP contribution in [0.3, 0.4) is 0 Å². The number of amides is 2. The molecule has 0 aromatic heterocycles. The lowest BCUT2D eigenvalue weighted by molar-refractivity contribution is 0.240. The zero-order valence-electron chi connectivity index (χ0n) is 10.4. The Morgan fingerprint density at radius 3 is 2.94 bits per heavy atom. The van der Waals surface area contributed by atoms with E-state index in [1.165, 1.54) is 11.3 Å². The number of urea groups is 1. The minimum Gasteiger partial charge on any atom is -0.380 e. The molecule has 1 aromatic rings. The number of hydrogen-bond donors (Lipinski definition) is 3. The summed E-state index contributed by atoms with van der Waals surface area (Å²) in [5, 5.41) is 9.36. The van der Waals surface area contributed by atoms with Crippen LogP contribution in [0.2, 0.25) is 0 Å². The van der Waals surface area contributed by atoms with Crippen LogP contribution in [-0.2, 0) is 6.42 Å². The van der Waals surface area contributed by atoms with Gasteiger partial charge in [0.25, 0.3) is 0 Å². The lowest BCUT2D eigenvalue weighted by Gasteiger charge is -2.27. The zero-order valence-corrected chi connectivity index (χ0v) is 10.4. The predicted molar refractivity (Wildman–Crippen MR) is 71.7 cm³/mol. The van der Waals surface area contributed by atoms with E-state index in [0.717, 1.165) is 25.7 Å². The molecule has 0 bridgehead atoms. The Morgan fingerprint density at radius 2 is 2.11 bits per heavy atom. The van der Waals surface area contributed by atoms with Gasteiger partial charge in [0.15, 0.2) is 0 Å². The number of hydrogen-bond acceptors (Lipinski definition) is 2. The fraction of sp³-hybridized carbons (Fsp3) is 0.500. The lowest BCUT2D eigenvalue weighted by atomic mass is 9.98. The molecule has 1 atom stereocenters. The maximum Gasteiger partial charge on any atom is 0.315 e. The molecule has 2 amide bonds. The second-order valence-electron chi connectivity index (χ2n) is 5.17. The van der Waals surface area contributed by atoms with Crippen LogP contribution in [0.25, 0.3) is 0 Å². The second-order valence-corrected chi connectivity index (χ2v) is 5.17. The van der Waals surface area contributed by atoms with Crippen molar-refractivity contribution in [3.8, 4) is 0 Å². The first-order chi connectivity index (χ1) is 8.81. The molecule has 18 heavy (non-hydrogen) atoms. The van der Waals surface area contributed by atoms with Gasteiger partial charge in [0.05, 0.1) is 0 Å². The number of benzene rings is 1. The van der Waals surface area contributed by atoms with Crippen molar-refractivity contribution in [2.75, 3.05) is 11.9 Å². The fourth-order valence-corrected chi connectivity index (χ4v) is 2.33. The minimum absolute atomic E-state index is 0.0295. The maximum absolute atomic E-state index is 11.5. The van der Waals surface area contributed by atoms with Crippen molar-refractivity contribution in [3.63, 3.8) is 0 Å². The molecule has 0 spiro atoms. The Morgan fingerprint density at radius 1 is 1.28 bits per heavy atom. The van der Waals surface area contributed by atoms with Crippen LogP contribution < -0.4 is 16.0 Å². The van der Waals surface area contributed by atoms with Gasteiger partial charge in [-0.1, -0.05) is 18.2 Å². The molecule has 1 aromatic carbocycles. The quantitative estimate of drug-likeness (QED) is 0.761. The van der Waals surface area contributed by atoms with E-state index in [9.17, 15) is 4.79 Å². The number of fused-ring (bicyclic) bond motifs is 1. The number of rotatable bonds is 3. The summed E-state index contributed by atoms with van der Waals surface area (Å²) < 4.78 is 0. The summed E-state index contributed by atoms with van der Waals surface area (Å²) in [5.74, 6) is 0. The summed E-state index contributed by atoms with van der Waals surface area (Å²) >= 11 is 0. The summed E-state index contributed by atoms with van der Waals surface area (Å²) in [6.07, 6.45) is 4.41.